The lowest BCUT2D eigenvalue weighted by Crippen LogP contribution is -2.53. The summed E-state index contributed by atoms with van der Waals surface area (Å²) < 4.78 is 0. The molecule has 4 aliphatic heterocycles. The molecule has 0 N–H and O–H groups in total. The summed E-state index contributed by atoms with van der Waals surface area (Å²) in [7, 11) is 0. The van der Waals surface area contributed by atoms with E-state index < -0.39 is 30.0 Å². The van der Waals surface area contributed by atoms with Gasteiger partial charge in [-0.2, -0.15) is 5.01 Å². The molecule has 4 heterocycles. The van der Waals surface area contributed by atoms with Crippen molar-refractivity contribution in [2.45, 2.75) is 18.1 Å². The third-order valence-corrected chi connectivity index (χ3v) is 7.52. The van der Waals surface area contributed by atoms with E-state index in [1.54, 1.807) is 53.5 Å². The smallest absolute Gasteiger partial charge is 0.253 e. The summed E-state index contributed by atoms with van der Waals surface area (Å²) in [6.45, 7) is 0. The number of amides is 4. The molecular formula is C27H20N4O4. The molecule has 0 aromatic heterocycles. The number of hydrogen-bond donors (Lipinski definition) is 0. The molecule has 172 valence electrons. The van der Waals surface area contributed by atoms with Crippen molar-refractivity contribution < 1.29 is 19.2 Å². The van der Waals surface area contributed by atoms with Crippen LogP contribution >= 0.6 is 0 Å². The Bertz CT molecular complexity index is 1250. The first-order chi connectivity index (χ1) is 17.1. The number of benzene rings is 3. The Hall–Kier alpha value is -4.30. The van der Waals surface area contributed by atoms with E-state index in [-0.39, 0.29) is 23.6 Å². The Morgan fingerprint density at radius 3 is 1.23 bits per heavy atom. The Labute approximate surface area is 200 Å². The topological polar surface area (TPSA) is 81.2 Å². The molecule has 4 aliphatic rings. The zero-order valence-corrected chi connectivity index (χ0v) is 18.5. The molecule has 8 nitrogen and oxygen atoms in total. The molecular weight excluding hydrogens is 444 g/mol. The lowest BCUT2D eigenvalue weighted by Gasteiger charge is -2.33. The second-order valence-electron chi connectivity index (χ2n) is 9.19. The number of fused-ring (bicyclic) bond motifs is 8. The van der Waals surface area contributed by atoms with E-state index in [1.165, 1.54) is 9.80 Å². The van der Waals surface area contributed by atoms with Gasteiger partial charge in [0.1, 0.15) is 12.1 Å². The number of hydrazine groups is 1. The highest BCUT2D eigenvalue weighted by atomic mass is 16.2. The summed E-state index contributed by atoms with van der Waals surface area (Å²) in [6.07, 6.45) is 0. The fraction of sp³-hybridized carbons (Fsp3) is 0.185. The van der Waals surface area contributed by atoms with Crippen molar-refractivity contribution in [1.82, 2.24) is 5.01 Å². The van der Waals surface area contributed by atoms with Gasteiger partial charge < -0.3 is 0 Å². The number of imide groups is 2. The second-order valence-corrected chi connectivity index (χ2v) is 9.19. The van der Waals surface area contributed by atoms with E-state index in [0.717, 1.165) is 5.69 Å². The van der Waals surface area contributed by atoms with Gasteiger partial charge in [0, 0.05) is 0 Å². The third kappa shape index (κ3) is 2.49. The zero-order chi connectivity index (χ0) is 23.8. The van der Waals surface area contributed by atoms with Crippen molar-refractivity contribution in [2.24, 2.45) is 11.8 Å². The fourth-order valence-electron chi connectivity index (χ4n) is 6.25. The first-order valence-electron chi connectivity index (χ1n) is 11.6. The molecule has 3 aromatic carbocycles. The maximum Gasteiger partial charge on any atom is 0.253 e. The number of anilines is 3. The van der Waals surface area contributed by atoms with Crippen molar-refractivity contribution in [2.75, 3.05) is 14.8 Å². The van der Waals surface area contributed by atoms with Gasteiger partial charge in [-0.15, -0.1) is 0 Å². The van der Waals surface area contributed by atoms with Crippen molar-refractivity contribution in [3.05, 3.63) is 91.0 Å². The zero-order valence-electron chi connectivity index (χ0n) is 18.5. The van der Waals surface area contributed by atoms with E-state index in [2.05, 4.69) is 0 Å². The molecule has 4 atom stereocenters. The van der Waals surface area contributed by atoms with Gasteiger partial charge in [-0.05, 0) is 36.4 Å². The number of piperidine rings is 1. The van der Waals surface area contributed by atoms with Crippen LogP contribution in [-0.4, -0.2) is 46.8 Å². The van der Waals surface area contributed by atoms with Gasteiger partial charge in [0.15, 0.2) is 0 Å². The molecule has 3 aromatic rings. The van der Waals surface area contributed by atoms with E-state index in [9.17, 15) is 19.2 Å². The Morgan fingerprint density at radius 1 is 0.457 bits per heavy atom. The summed E-state index contributed by atoms with van der Waals surface area (Å²) in [5.41, 5.74) is 1.75. The summed E-state index contributed by atoms with van der Waals surface area (Å²) in [6, 6.07) is 24.6. The quantitative estimate of drug-likeness (QED) is 0.553. The van der Waals surface area contributed by atoms with Gasteiger partial charge in [0.25, 0.3) is 11.8 Å². The summed E-state index contributed by atoms with van der Waals surface area (Å²) in [4.78, 5) is 57.3. The maximum atomic E-state index is 13.7. The number of para-hydroxylation sites is 3. The van der Waals surface area contributed by atoms with Crippen LogP contribution in [0.4, 0.5) is 17.1 Å². The monoisotopic (exact) mass is 464 g/mol. The molecule has 0 aliphatic carbocycles. The molecule has 2 bridgehead atoms. The summed E-state index contributed by atoms with van der Waals surface area (Å²) in [5.74, 6) is -2.92. The van der Waals surface area contributed by atoms with Crippen LogP contribution in [0.3, 0.4) is 0 Å². The minimum absolute atomic E-state index is 0.337. The molecule has 0 radical (unpaired) electrons. The lowest BCUT2D eigenvalue weighted by molar-refractivity contribution is -0.128. The van der Waals surface area contributed by atoms with Crippen molar-refractivity contribution in [1.29, 1.82) is 0 Å². The molecule has 0 saturated carbocycles. The average molecular weight is 464 g/mol. The van der Waals surface area contributed by atoms with Crippen LogP contribution in [0.2, 0.25) is 0 Å². The molecule has 0 spiro atoms. The Balaban J connectivity index is 1.36. The average Bonchev–Trinajstić information content (AvgIpc) is 3.57. The van der Waals surface area contributed by atoms with Crippen molar-refractivity contribution in [3.63, 3.8) is 0 Å². The van der Waals surface area contributed by atoms with Crippen LogP contribution in [0.5, 0.6) is 0 Å². The molecule has 4 amide bonds. The van der Waals surface area contributed by atoms with Crippen LogP contribution in [0.25, 0.3) is 0 Å². The number of hydrogen-bond acceptors (Lipinski definition) is 6. The highest BCUT2D eigenvalue weighted by molar-refractivity contribution is 6.28. The first kappa shape index (κ1) is 20.1. The van der Waals surface area contributed by atoms with Gasteiger partial charge in [0.2, 0.25) is 11.8 Å². The number of rotatable bonds is 3. The maximum absolute atomic E-state index is 13.7. The third-order valence-electron chi connectivity index (χ3n) is 7.52. The van der Waals surface area contributed by atoms with E-state index in [4.69, 9.17) is 0 Å². The van der Waals surface area contributed by atoms with Crippen LogP contribution < -0.4 is 14.8 Å². The summed E-state index contributed by atoms with van der Waals surface area (Å²) >= 11 is 0. The Morgan fingerprint density at radius 2 is 0.829 bits per heavy atom. The molecule has 4 saturated heterocycles. The SMILES string of the molecule is O=C1[C@@H]2C3[C@H]4C(=O)N(c5ccccc5)C(=O)[C@H]4N([C@@H]2C(=O)N1c1ccccc1)N3c1ccccc1. The van der Waals surface area contributed by atoms with Gasteiger partial charge in [-0.25, -0.2) is 9.80 Å². The largest absolute Gasteiger partial charge is 0.299 e. The fourth-order valence-corrected chi connectivity index (χ4v) is 6.25. The van der Waals surface area contributed by atoms with Gasteiger partial charge in [-0.3, -0.25) is 24.2 Å². The lowest BCUT2D eigenvalue weighted by atomic mass is 9.80. The number of nitrogens with zero attached hydrogens (tertiary/aromatic N) is 4. The normalized spacial score (nSPS) is 30.9. The Kier molecular flexibility index (Phi) is 4.08. The van der Waals surface area contributed by atoms with Crippen molar-refractivity contribution >= 4 is 40.7 Å². The predicted molar refractivity (Wildman–Crippen MR) is 127 cm³/mol. The van der Waals surface area contributed by atoms with Crippen molar-refractivity contribution in [3.8, 4) is 0 Å². The molecule has 8 heteroatoms. The van der Waals surface area contributed by atoms with Crippen LogP contribution in [0.15, 0.2) is 91.0 Å². The standard InChI is InChI=1S/C27H20N4O4/c32-24-19-21-20-23(27(35)29(25(20)33)17-12-6-2-7-13-17)31(30(21)18-14-8-3-9-15-18)22(19)26(34)28(24)16-10-4-1-5-11-16/h1-15,19-23H/t19-,20-,22+,23+/m1/s1. The highest BCUT2D eigenvalue weighted by Gasteiger charge is 2.76. The first-order valence-corrected chi connectivity index (χ1v) is 11.6. The molecule has 4 fully saturated rings. The molecule has 0 unspecified atom stereocenters. The number of carbonyl (C=O) groups excluding carboxylic acids is 4. The van der Waals surface area contributed by atoms with Crippen LogP contribution in [-0.2, 0) is 19.2 Å². The minimum atomic E-state index is -0.846. The van der Waals surface area contributed by atoms with E-state index in [1.807, 2.05) is 47.5 Å². The highest BCUT2D eigenvalue weighted by Crippen LogP contribution is 2.55. The van der Waals surface area contributed by atoms with Crippen LogP contribution in [0, 0.1) is 11.8 Å². The van der Waals surface area contributed by atoms with Crippen LogP contribution in [0.1, 0.15) is 0 Å². The van der Waals surface area contributed by atoms with Gasteiger partial charge in [0.05, 0.1) is 34.9 Å². The molecule has 7 rings (SSSR count). The van der Waals surface area contributed by atoms with E-state index in [0.29, 0.717) is 11.4 Å². The van der Waals surface area contributed by atoms with E-state index >= 15 is 0 Å². The van der Waals surface area contributed by atoms with Gasteiger partial charge in [-0.1, -0.05) is 54.6 Å². The van der Waals surface area contributed by atoms with Gasteiger partial charge >= 0.3 is 0 Å². The summed E-state index contributed by atoms with van der Waals surface area (Å²) in [5, 5.41) is 3.56. The second kappa shape index (κ2) is 7.10. The number of carbonyl (C=O) groups is 4. The minimum Gasteiger partial charge on any atom is -0.299 e. The molecule has 35 heavy (non-hydrogen) atoms. The predicted octanol–water partition coefficient (Wildman–Crippen LogP) is 2.22.